The monoisotopic (exact) mass is 254 g/mol. The molecule has 0 aliphatic heterocycles. The topological polar surface area (TPSA) is 35.5 Å². The van der Waals surface area contributed by atoms with Crippen molar-refractivity contribution < 1.29 is 18.7 Å². The highest BCUT2D eigenvalue weighted by atomic mass is 19.1. The van der Waals surface area contributed by atoms with Gasteiger partial charge in [0.2, 0.25) is 0 Å². The fraction of sp³-hybridized carbons (Fsp3) is 0.500. The van der Waals surface area contributed by atoms with Crippen molar-refractivity contribution in [2.45, 2.75) is 40.0 Å². The second kappa shape index (κ2) is 6.38. The summed E-state index contributed by atoms with van der Waals surface area (Å²) in [7, 11) is 0. The fourth-order valence-corrected chi connectivity index (χ4v) is 1.55. The van der Waals surface area contributed by atoms with Crippen LogP contribution < -0.4 is 4.74 Å². The van der Waals surface area contributed by atoms with Gasteiger partial charge in [-0.05, 0) is 43.0 Å². The van der Waals surface area contributed by atoms with Crippen molar-refractivity contribution >= 4 is 5.97 Å². The summed E-state index contributed by atoms with van der Waals surface area (Å²) in [5.74, 6) is -0.336. The molecule has 18 heavy (non-hydrogen) atoms. The van der Waals surface area contributed by atoms with Crippen molar-refractivity contribution in [2.24, 2.45) is 0 Å². The minimum absolute atomic E-state index is 0.133. The lowest BCUT2D eigenvalue weighted by molar-refractivity contribution is -0.159. The molecule has 3 nitrogen and oxygen atoms in total. The van der Waals surface area contributed by atoms with Gasteiger partial charge in [0.05, 0.1) is 6.61 Å². The molecule has 0 heterocycles. The highest BCUT2D eigenvalue weighted by molar-refractivity contribution is 5.73. The summed E-state index contributed by atoms with van der Waals surface area (Å²) in [6.45, 7) is 7.73. The Morgan fingerprint density at radius 2 is 2.00 bits per heavy atom. The highest BCUT2D eigenvalue weighted by Gasteiger charge is 2.20. The van der Waals surface area contributed by atoms with Crippen molar-refractivity contribution in [3.8, 4) is 5.75 Å². The first-order chi connectivity index (χ1) is 8.43. The van der Waals surface area contributed by atoms with Crippen LogP contribution in [0.4, 0.5) is 4.39 Å². The molecular formula is C14H19FO3. The molecule has 0 radical (unpaired) electrons. The van der Waals surface area contributed by atoms with E-state index in [4.69, 9.17) is 4.74 Å². The first kappa shape index (κ1) is 14.5. The third-order valence-electron chi connectivity index (χ3n) is 2.45. The van der Waals surface area contributed by atoms with E-state index in [1.165, 1.54) is 0 Å². The third kappa shape index (κ3) is 4.02. The quantitative estimate of drug-likeness (QED) is 0.756. The fourth-order valence-electron chi connectivity index (χ4n) is 1.55. The van der Waals surface area contributed by atoms with Crippen LogP contribution in [0.5, 0.6) is 5.75 Å². The lowest BCUT2D eigenvalue weighted by Gasteiger charge is -2.13. The lowest BCUT2D eigenvalue weighted by Crippen LogP contribution is -2.24. The van der Waals surface area contributed by atoms with Crippen LogP contribution in [-0.2, 0) is 9.53 Å². The maximum absolute atomic E-state index is 13.4. The van der Waals surface area contributed by atoms with Crippen LogP contribution in [0.25, 0.3) is 0 Å². The van der Waals surface area contributed by atoms with Gasteiger partial charge in [-0.3, -0.25) is 0 Å². The third-order valence-corrected chi connectivity index (χ3v) is 2.45. The van der Waals surface area contributed by atoms with Gasteiger partial charge in [-0.1, -0.05) is 19.9 Å². The van der Waals surface area contributed by atoms with E-state index in [9.17, 15) is 9.18 Å². The average molecular weight is 254 g/mol. The van der Waals surface area contributed by atoms with Gasteiger partial charge in [0, 0.05) is 0 Å². The Kier molecular flexibility index (Phi) is 5.13. The highest BCUT2D eigenvalue weighted by Crippen LogP contribution is 2.23. The van der Waals surface area contributed by atoms with Crippen molar-refractivity contribution in [3.05, 3.63) is 29.3 Å². The standard InChI is InChI=1S/C14H19FO3/c1-5-17-14(16)13(15)18-12-7-10(4)6-11(8-12)9(2)3/h6-9,13H,5H2,1-4H3. The Morgan fingerprint density at radius 1 is 1.33 bits per heavy atom. The Hall–Kier alpha value is -1.58. The molecule has 0 aliphatic carbocycles. The van der Waals surface area contributed by atoms with E-state index in [0.29, 0.717) is 11.7 Å². The number of carbonyl (C=O) groups excluding carboxylic acids is 1. The van der Waals surface area contributed by atoms with E-state index < -0.39 is 12.3 Å². The predicted molar refractivity (Wildman–Crippen MR) is 67.4 cm³/mol. The second-order valence-corrected chi connectivity index (χ2v) is 4.42. The smallest absolute Gasteiger partial charge is 0.381 e. The maximum atomic E-state index is 13.4. The zero-order chi connectivity index (χ0) is 13.7. The molecule has 1 atom stereocenters. The van der Waals surface area contributed by atoms with Crippen molar-refractivity contribution in [3.63, 3.8) is 0 Å². The molecule has 0 bridgehead atoms. The number of benzene rings is 1. The Labute approximate surface area is 107 Å². The molecule has 0 spiro atoms. The molecule has 1 aromatic rings. The molecule has 0 aromatic heterocycles. The number of carbonyl (C=O) groups is 1. The molecule has 1 unspecified atom stereocenters. The molecule has 0 fully saturated rings. The predicted octanol–water partition coefficient (Wildman–Crippen LogP) is 3.36. The zero-order valence-corrected chi connectivity index (χ0v) is 11.2. The van der Waals surface area contributed by atoms with Crippen LogP contribution in [0.2, 0.25) is 0 Å². The number of alkyl halides is 1. The van der Waals surface area contributed by atoms with Crippen LogP contribution in [0.15, 0.2) is 18.2 Å². The summed E-state index contributed by atoms with van der Waals surface area (Å²) >= 11 is 0. The molecule has 0 saturated carbocycles. The Morgan fingerprint density at radius 3 is 2.56 bits per heavy atom. The SMILES string of the molecule is CCOC(=O)C(F)Oc1cc(C)cc(C(C)C)c1. The lowest BCUT2D eigenvalue weighted by atomic mass is 10.0. The summed E-state index contributed by atoms with van der Waals surface area (Å²) in [5, 5.41) is 0. The summed E-state index contributed by atoms with van der Waals surface area (Å²) in [5.41, 5.74) is 2.01. The summed E-state index contributed by atoms with van der Waals surface area (Å²) in [6.07, 6.45) is -2.08. The maximum Gasteiger partial charge on any atom is 0.381 e. The minimum atomic E-state index is -2.08. The average Bonchev–Trinajstić information content (AvgIpc) is 2.28. The van der Waals surface area contributed by atoms with Crippen LogP contribution in [-0.4, -0.2) is 18.9 Å². The van der Waals surface area contributed by atoms with Gasteiger partial charge >= 0.3 is 12.3 Å². The molecule has 0 aliphatic rings. The molecule has 0 N–H and O–H groups in total. The molecule has 0 amide bonds. The Balaban J connectivity index is 2.81. The van der Waals surface area contributed by atoms with Crippen LogP contribution in [0, 0.1) is 6.92 Å². The van der Waals surface area contributed by atoms with Crippen LogP contribution in [0.3, 0.4) is 0 Å². The van der Waals surface area contributed by atoms with Crippen molar-refractivity contribution in [2.75, 3.05) is 6.61 Å². The van der Waals surface area contributed by atoms with E-state index in [1.807, 2.05) is 26.8 Å². The number of hydrogen-bond donors (Lipinski definition) is 0. The summed E-state index contributed by atoms with van der Waals surface area (Å²) in [6, 6.07) is 5.44. The number of aryl methyl sites for hydroxylation is 1. The first-order valence-electron chi connectivity index (χ1n) is 6.03. The van der Waals surface area contributed by atoms with Gasteiger partial charge in [-0.2, -0.15) is 4.39 Å². The van der Waals surface area contributed by atoms with E-state index in [2.05, 4.69) is 4.74 Å². The molecular weight excluding hydrogens is 235 g/mol. The van der Waals surface area contributed by atoms with Crippen molar-refractivity contribution in [1.82, 2.24) is 0 Å². The van der Waals surface area contributed by atoms with Crippen LogP contribution in [0.1, 0.15) is 37.8 Å². The number of rotatable bonds is 5. The zero-order valence-electron chi connectivity index (χ0n) is 11.2. The summed E-state index contributed by atoms with van der Waals surface area (Å²) in [4.78, 5) is 11.1. The van der Waals surface area contributed by atoms with Crippen molar-refractivity contribution in [1.29, 1.82) is 0 Å². The molecule has 1 aromatic carbocycles. The first-order valence-corrected chi connectivity index (χ1v) is 6.03. The minimum Gasteiger partial charge on any atom is -0.461 e. The van der Waals surface area contributed by atoms with E-state index in [0.717, 1.165) is 11.1 Å². The Bertz CT molecular complexity index is 416. The van der Waals surface area contributed by atoms with Crippen LogP contribution >= 0.6 is 0 Å². The largest absolute Gasteiger partial charge is 0.461 e. The number of hydrogen-bond acceptors (Lipinski definition) is 3. The number of esters is 1. The van der Waals surface area contributed by atoms with Gasteiger partial charge in [0.1, 0.15) is 5.75 Å². The van der Waals surface area contributed by atoms with Gasteiger partial charge in [0.25, 0.3) is 0 Å². The number of halogens is 1. The second-order valence-electron chi connectivity index (χ2n) is 4.42. The van der Waals surface area contributed by atoms with E-state index in [1.54, 1.807) is 19.1 Å². The van der Waals surface area contributed by atoms with Gasteiger partial charge < -0.3 is 9.47 Å². The molecule has 1 rings (SSSR count). The molecule has 4 heteroatoms. The molecule has 0 saturated heterocycles. The van der Waals surface area contributed by atoms with Gasteiger partial charge in [-0.25, -0.2) is 4.79 Å². The number of ether oxygens (including phenoxy) is 2. The van der Waals surface area contributed by atoms with Gasteiger partial charge in [0.15, 0.2) is 0 Å². The summed E-state index contributed by atoms with van der Waals surface area (Å²) < 4.78 is 22.9. The molecule has 100 valence electrons. The van der Waals surface area contributed by atoms with E-state index in [-0.39, 0.29) is 6.61 Å². The normalized spacial score (nSPS) is 12.3. The van der Waals surface area contributed by atoms with E-state index >= 15 is 0 Å². The van der Waals surface area contributed by atoms with Gasteiger partial charge in [-0.15, -0.1) is 0 Å².